The van der Waals surface area contributed by atoms with Crippen LogP contribution in [0.25, 0.3) is 6.08 Å². The molecule has 1 aliphatic rings. The van der Waals surface area contributed by atoms with Crippen molar-refractivity contribution in [3.63, 3.8) is 0 Å². The SMILES string of the molecule is O=C(/C=C/c1cccnc1)Nc1ccc(S(=O)(=O)Cc2ccc(N3C=COCC3)cc2)cc1. The van der Waals surface area contributed by atoms with E-state index < -0.39 is 9.84 Å². The Labute approximate surface area is 193 Å². The topological polar surface area (TPSA) is 88.6 Å². The lowest BCUT2D eigenvalue weighted by atomic mass is 10.2. The zero-order valence-electron chi connectivity index (χ0n) is 17.8. The highest BCUT2D eigenvalue weighted by molar-refractivity contribution is 7.90. The summed E-state index contributed by atoms with van der Waals surface area (Å²) in [4.78, 5) is 18.3. The van der Waals surface area contributed by atoms with Crippen LogP contribution in [-0.4, -0.2) is 32.5 Å². The first-order valence-corrected chi connectivity index (χ1v) is 12.0. The van der Waals surface area contributed by atoms with Crippen molar-refractivity contribution in [2.45, 2.75) is 10.6 Å². The average molecular weight is 462 g/mol. The van der Waals surface area contributed by atoms with E-state index in [1.54, 1.807) is 42.9 Å². The number of nitrogens with one attached hydrogen (secondary N) is 1. The largest absolute Gasteiger partial charge is 0.498 e. The van der Waals surface area contributed by atoms with Crippen molar-refractivity contribution >= 4 is 33.2 Å². The van der Waals surface area contributed by atoms with E-state index >= 15 is 0 Å². The van der Waals surface area contributed by atoms with Crippen molar-refractivity contribution in [3.8, 4) is 0 Å². The van der Waals surface area contributed by atoms with Crippen LogP contribution < -0.4 is 10.2 Å². The van der Waals surface area contributed by atoms with E-state index in [0.717, 1.165) is 17.8 Å². The van der Waals surface area contributed by atoms with Crippen molar-refractivity contribution in [2.75, 3.05) is 23.4 Å². The molecule has 0 unspecified atom stereocenters. The fraction of sp³-hybridized carbons (Fsp3) is 0.120. The number of hydrogen-bond donors (Lipinski definition) is 1. The maximum Gasteiger partial charge on any atom is 0.248 e. The maximum atomic E-state index is 12.8. The molecule has 4 rings (SSSR count). The number of benzene rings is 2. The highest BCUT2D eigenvalue weighted by Crippen LogP contribution is 2.22. The summed E-state index contributed by atoms with van der Waals surface area (Å²) in [5.41, 5.74) is 3.00. The Morgan fingerprint density at radius 3 is 2.55 bits per heavy atom. The van der Waals surface area contributed by atoms with Gasteiger partial charge in [-0.3, -0.25) is 9.78 Å². The number of rotatable bonds is 7. The number of amides is 1. The second kappa shape index (κ2) is 10.1. The van der Waals surface area contributed by atoms with E-state index in [2.05, 4.69) is 10.3 Å². The molecule has 0 radical (unpaired) electrons. The molecule has 3 aromatic rings. The van der Waals surface area contributed by atoms with Crippen molar-refractivity contribution in [1.82, 2.24) is 4.98 Å². The summed E-state index contributed by atoms with van der Waals surface area (Å²) in [6.45, 7) is 1.36. The standard InChI is InChI=1S/C25H23N3O4S/c29-25(12-5-20-2-1-13-26-18-20)27-22-6-10-24(11-7-22)33(30,31)19-21-3-8-23(9-4-21)28-14-16-32-17-15-28/h1-14,16,18H,15,17,19H2,(H,27,29)/b12-5+. The Morgan fingerprint density at radius 2 is 1.88 bits per heavy atom. The Hall–Kier alpha value is -3.91. The zero-order chi connectivity index (χ0) is 23.1. The summed E-state index contributed by atoms with van der Waals surface area (Å²) < 4.78 is 30.9. The molecule has 168 valence electrons. The van der Waals surface area contributed by atoms with E-state index in [9.17, 15) is 13.2 Å². The van der Waals surface area contributed by atoms with E-state index in [1.807, 2.05) is 41.4 Å². The number of hydrogen-bond acceptors (Lipinski definition) is 6. The summed E-state index contributed by atoms with van der Waals surface area (Å²) in [5.74, 6) is -0.420. The molecular formula is C25H23N3O4S. The van der Waals surface area contributed by atoms with Crippen LogP contribution in [0, 0.1) is 0 Å². The van der Waals surface area contributed by atoms with Crippen LogP contribution in [-0.2, 0) is 25.1 Å². The van der Waals surface area contributed by atoms with E-state index in [0.29, 0.717) is 17.9 Å². The van der Waals surface area contributed by atoms with E-state index in [1.165, 1.54) is 18.2 Å². The monoisotopic (exact) mass is 461 g/mol. The minimum Gasteiger partial charge on any atom is -0.498 e. The molecule has 0 saturated carbocycles. The molecule has 0 spiro atoms. The number of anilines is 2. The van der Waals surface area contributed by atoms with Crippen molar-refractivity contribution in [2.24, 2.45) is 0 Å². The third kappa shape index (κ3) is 6.08. The van der Waals surface area contributed by atoms with Gasteiger partial charge < -0.3 is 15.0 Å². The summed E-state index contributed by atoms with van der Waals surface area (Å²) in [6, 6.07) is 17.2. The highest BCUT2D eigenvalue weighted by atomic mass is 32.2. The first kappa shape index (κ1) is 22.3. The fourth-order valence-electron chi connectivity index (χ4n) is 3.29. The molecule has 0 fully saturated rings. The third-order valence-corrected chi connectivity index (χ3v) is 6.71. The average Bonchev–Trinajstić information content (AvgIpc) is 2.84. The molecule has 7 nitrogen and oxygen atoms in total. The number of ether oxygens (including phenoxy) is 1. The summed E-state index contributed by atoms with van der Waals surface area (Å²) in [7, 11) is -3.52. The number of sulfone groups is 1. The lowest BCUT2D eigenvalue weighted by Gasteiger charge is -2.23. The molecule has 0 saturated heterocycles. The number of carbonyl (C=O) groups is 1. The molecule has 33 heavy (non-hydrogen) atoms. The number of carbonyl (C=O) groups excluding carboxylic acids is 1. The van der Waals surface area contributed by atoms with Gasteiger partial charge in [0.25, 0.3) is 0 Å². The van der Waals surface area contributed by atoms with E-state index in [-0.39, 0.29) is 16.6 Å². The molecule has 1 amide bonds. The predicted molar refractivity (Wildman–Crippen MR) is 128 cm³/mol. The zero-order valence-corrected chi connectivity index (χ0v) is 18.6. The molecule has 8 heteroatoms. The van der Waals surface area contributed by atoms with Gasteiger partial charge in [0.15, 0.2) is 9.84 Å². The van der Waals surface area contributed by atoms with Crippen LogP contribution >= 0.6 is 0 Å². The molecule has 0 atom stereocenters. The Morgan fingerprint density at radius 1 is 1.09 bits per heavy atom. The van der Waals surface area contributed by atoms with Gasteiger partial charge in [0, 0.05) is 36.0 Å². The molecule has 2 heterocycles. The van der Waals surface area contributed by atoms with Gasteiger partial charge in [0.1, 0.15) is 6.61 Å². The van der Waals surface area contributed by atoms with Gasteiger partial charge in [-0.15, -0.1) is 0 Å². The second-order valence-electron chi connectivity index (χ2n) is 7.41. The summed E-state index contributed by atoms with van der Waals surface area (Å²) >= 11 is 0. The van der Waals surface area contributed by atoms with Gasteiger partial charge in [-0.25, -0.2) is 8.42 Å². The van der Waals surface area contributed by atoms with Crippen LogP contribution in [0.2, 0.25) is 0 Å². The Bertz CT molecular complexity index is 1250. The van der Waals surface area contributed by atoms with Crippen LogP contribution in [0.5, 0.6) is 0 Å². The minimum atomic E-state index is -3.52. The lowest BCUT2D eigenvalue weighted by Crippen LogP contribution is -2.24. The van der Waals surface area contributed by atoms with Crippen LogP contribution in [0.4, 0.5) is 11.4 Å². The van der Waals surface area contributed by atoms with Crippen LogP contribution in [0.15, 0.2) is 96.5 Å². The van der Waals surface area contributed by atoms with Crippen LogP contribution in [0.3, 0.4) is 0 Å². The quantitative estimate of drug-likeness (QED) is 0.535. The molecule has 2 aromatic carbocycles. The maximum absolute atomic E-state index is 12.8. The smallest absolute Gasteiger partial charge is 0.248 e. The van der Waals surface area contributed by atoms with Crippen molar-refractivity contribution in [1.29, 1.82) is 0 Å². The summed E-state index contributed by atoms with van der Waals surface area (Å²) in [6.07, 6.45) is 9.86. The highest BCUT2D eigenvalue weighted by Gasteiger charge is 2.16. The molecule has 1 N–H and O–H groups in total. The van der Waals surface area contributed by atoms with Gasteiger partial charge in [-0.2, -0.15) is 0 Å². The number of aromatic nitrogens is 1. The van der Waals surface area contributed by atoms with Crippen molar-refractivity contribution < 1.29 is 17.9 Å². The molecular weight excluding hydrogens is 438 g/mol. The third-order valence-electron chi connectivity index (χ3n) is 5.00. The molecule has 0 bridgehead atoms. The molecule has 1 aromatic heterocycles. The van der Waals surface area contributed by atoms with Gasteiger partial charge in [-0.1, -0.05) is 18.2 Å². The lowest BCUT2D eigenvalue weighted by molar-refractivity contribution is -0.111. The summed E-state index contributed by atoms with van der Waals surface area (Å²) in [5, 5.41) is 2.72. The fourth-order valence-corrected chi connectivity index (χ4v) is 4.64. The first-order valence-electron chi connectivity index (χ1n) is 10.4. The van der Waals surface area contributed by atoms with Crippen molar-refractivity contribution in [3.05, 3.63) is 103 Å². The van der Waals surface area contributed by atoms with Gasteiger partial charge >= 0.3 is 0 Å². The van der Waals surface area contributed by atoms with Gasteiger partial charge in [0.2, 0.25) is 5.91 Å². The first-order chi connectivity index (χ1) is 16.0. The number of pyridine rings is 1. The van der Waals surface area contributed by atoms with Crippen LogP contribution in [0.1, 0.15) is 11.1 Å². The molecule has 0 aliphatic carbocycles. The normalized spacial score (nSPS) is 13.6. The van der Waals surface area contributed by atoms with Gasteiger partial charge in [-0.05, 0) is 59.7 Å². The van der Waals surface area contributed by atoms with Gasteiger partial charge in [0.05, 0.1) is 23.5 Å². The van der Waals surface area contributed by atoms with E-state index in [4.69, 9.17) is 4.74 Å². The minimum absolute atomic E-state index is 0.105. The molecule has 1 aliphatic heterocycles. The Kier molecular flexibility index (Phi) is 6.85. The predicted octanol–water partition coefficient (Wildman–Crippen LogP) is 4.02. The Balaban J connectivity index is 1.37. The second-order valence-corrected chi connectivity index (χ2v) is 9.40. The number of nitrogens with zero attached hydrogens (tertiary/aromatic N) is 2.